The summed E-state index contributed by atoms with van der Waals surface area (Å²) in [4.78, 5) is 39.0. The van der Waals surface area contributed by atoms with Crippen LogP contribution < -0.4 is 0 Å². The maximum absolute atomic E-state index is 12.6. The number of hydrogen-bond acceptors (Lipinski definition) is 10. The van der Waals surface area contributed by atoms with Gasteiger partial charge in [0.25, 0.3) is 20.2 Å². The zero-order valence-electron chi connectivity index (χ0n) is 27.0. The molecule has 0 fully saturated rings. The Morgan fingerprint density at radius 1 is 0.625 bits per heavy atom. The van der Waals surface area contributed by atoms with E-state index in [2.05, 4.69) is 9.97 Å². The van der Waals surface area contributed by atoms with Crippen LogP contribution in [0.15, 0.2) is 34.1 Å². The van der Waals surface area contributed by atoms with Crippen molar-refractivity contribution in [1.82, 2.24) is 19.9 Å². The second-order valence-electron chi connectivity index (χ2n) is 11.5. The highest BCUT2D eigenvalue weighted by Crippen LogP contribution is 2.38. The highest BCUT2D eigenvalue weighted by atomic mass is 32.2. The van der Waals surface area contributed by atoms with Crippen molar-refractivity contribution < 1.29 is 45.0 Å². The molecule has 0 atom stereocenters. The van der Waals surface area contributed by atoms with Crippen molar-refractivity contribution in [3.05, 3.63) is 58.2 Å². The number of aryl methyl sites for hydroxylation is 2. The van der Waals surface area contributed by atoms with E-state index in [1.807, 2.05) is 6.92 Å². The van der Waals surface area contributed by atoms with Crippen molar-refractivity contribution >= 4 is 76.5 Å². The molecular weight excluding hydrogens is 665 g/mol. The zero-order chi connectivity index (χ0) is 35.3. The molecule has 4 N–H and O–H groups in total. The van der Waals surface area contributed by atoms with Gasteiger partial charge in [-0.2, -0.15) is 16.8 Å². The number of H-pyrrole nitrogens is 2. The Kier molecular flexibility index (Phi) is 9.22. The summed E-state index contributed by atoms with van der Waals surface area (Å²) in [6.07, 6.45) is 0.567. The van der Waals surface area contributed by atoms with Crippen molar-refractivity contribution in [2.75, 3.05) is 14.2 Å². The standard InChI is InChI=1S/C32H34N4O10S2/c1-15-19(7-9-29(37)45-5)25-14-26-20(8-10-30(38)46-6)16(2)22(34-26)12-27-32(48(42,43)44)18(4)24(36-27)13-28-31(47(39,40)41)17(3)23(35-28)11-21(15)33-25/h11-14,35-36H,7-10H2,1-6H3,(H,39,40,41)(H,42,43,44). The van der Waals surface area contributed by atoms with Crippen LogP contribution in [0.25, 0.3) is 44.4 Å². The van der Waals surface area contributed by atoms with Crippen molar-refractivity contribution in [3.8, 4) is 0 Å². The Bertz CT molecular complexity index is 2350. The zero-order valence-corrected chi connectivity index (χ0v) is 28.6. The maximum Gasteiger partial charge on any atom is 0.305 e. The van der Waals surface area contributed by atoms with Gasteiger partial charge in [-0.05, 0) is 98.2 Å². The first-order valence-electron chi connectivity index (χ1n) is 14.7. The van der Waals surface area contributed by atoms with Gasteiger partial charge in [-0.25, -0.2) is 9.97 Å². The van der Waals surface area contributed by atoms with Gasteiger partial charge < -0.3 is 19.4 Å². The predicted octanol–water partition coefficient (Wildman–Crippen LogP) is 5.19. The minimum atomic E-state index is -4.81. The van der Waals surface area contributed by atoms with Crippen LogP contribution in [-0.2, 0) is 39.3 Å². The van der Waals surface area contributed by atoms with Crippen molar-refractivity contribution in [2.24, 2.45) is 0 Å². The number of methoxy groups -OCH3 is 2. The molecule has 14 nitrogen and oxygen atoms in total. The van der Waals surface area contributed by atoms with Gasteiger partial charge >= 0.3 is 11.9 Å². The topological polar surface area (TPSA) is 219 Å². The molecule has 48 heavy (non-hydrogen) atoms. The number of hydrogen-bond donors (Lipinski definition) is 4. The summed E-state index contributed by atoms with van der Waals surface area (Å²) in [5.41, 5.74) is 4.97. The van der Waals surface area contributed by atoms with Gasteiger partial charge in [-0.1, -0.05) is 0 Å². The Morgan fingerprint density at radius 3 is 1.40 bits per heavy atom. The van der Waals surface area contributed by atoms with Crippen molar-refractivity contribution in [1.29, 1.82) is 0 Å². The summed E-state index contributed by atoms with van der Waals surface area (Å²) in [5, 5.41) is 0. The number of carbonyl (C=O) groups excluding carboxylic acids is 2. The number of esters is 2. The van der Waals surface area contributed by atoms with Gasteiger partial charge in [0.05, 0.1) is 48.0 Å². The number of rotatable bonds is 8. The van der Waals surface area contributed by atoms with Gasteiger partial charge in [-0.3, -0.25) is 18.7 Å². The molecule has 8 bridgehead atoms. The van der Waals surface area contributed by atoms with E-state index in [-0.39, 0.29) is 53.4 Å². The number of carbonyl (C=O) groups is 2. The second-order valence-corrected chi connectivity index (χ2v) is 14.2. The summed E-state index contributed by atoms with van der Waals surface area (Å²) in [5.74, 6) is -0.876. The average molecular weight is 699 g/mol. The third-order valence-electron chi connectivity index (χ3n) is 8.54. The number of nitrogens with one attached hydrogen (secondary N) is 2. The molecule has 0 spiro atoms. The lowest BCUT2D eigenvalue weighted by molar-refractivity contribution is -0.141. The normalized spacial score (nSPS) is 13.7. The van der Waals surface area contributed by atoms with Crippen molar-refractivity contribution in [2.45, 2.75) is 63.2 Å². The van der Waals surface area contributed by atoms with E-state index in [9.17, 15) is 35.5 Å². The van der Waals surface area contributed by atoms with E-state index >= 15 is 0 Å². The van der Waals surface area contributed by atoms with E-state index < -0.39 is 42.0 Å². The van der Waals surface area contributed by atoms with E-state index in [0.29, 0.717) is 50.6 Å². The number of aromatic nitrogens is 4. The monoisotopic (exact) mass is 698 g/mol. The number of ether oxygens (including phenoxy) is 2. The van der Waals surface area contributed by atoms with E-state index in [0.717, 1.165) is 0 Å². The van der Waals surface area contributed by atoms with Crippen LogP contribution in [-0.4, -0.2) is 72.0 Å². The first-order chi connectivity index (χ1) is 22.4. The van der Waals surface area contributed by atoms with Crippen LogP contribution in [0, 0.1) is 13.8 Å². The Morgan fingerprint density at radius 2 is 1.00 bits per heavy atom. The molecule has 0 amide bonds. The highest BCUT2D eigenvalue weighted by molar-refractivity contribution is 7.86. The molecule has 0 saturated heterocycles. The van der Waals surface area contributed by atoms with Crippen LogP contribution in [0.1, 0.15) is 73.4 Å². The maximum atomic E-state index is 12.6. The van der Waals surface area contributed by atoms with Gasteiger partial charge in [0.15, 0.2) is 0 Å². The summed E-state index contributed by atoms with van der Waals surface area (Å²) < 4.78 is 80.6. The Balaban J connectivity index is 1.97. The van der Waals surface area contributed by atoms with Crippen molar-refractivity contribution in [3.63, 3.8) is 0 Å². The first kappa shape index (κ1) is 34.7. The van der Waals surface area contributed by atoms with Gasteiger partial charge in [0.1, 0.15) is 9.79 Å². The van der Waals surface area contributed by atoms with E-state index in [1.54, 1.807) is 19.1 Å². The lowest BCUT2D eigenvalue weighted by Gasteiger charge is -2.06. The minimum absolute atomic E-state index is 0.0340. The van der Waals surface area contributed by atoms with Gasteiger partial charge in [0, 0.05) is 23.9 Å². The molecule has 3 aromatic rings. The summed E-state index contributed by atoms with van der Waals surface area (Å²) in [6.45, 7) is 6.51. The molecule has 0 saturated carbocycles. The number of fused-ring (bicyclic) bond motifs is 8. The average Bonchev–Trinajstić information content (AvgIpc) is 3.67. The van der Waals surface area contributed by atoms with Gasteiger partial charge in [-0.15, -0.1) is 0 Å². The minimum Gasteiger partial charge on any atom is -0.469 e. The first-order valence-corrected chi connectivity index (χ1v) is 17.6. The third-order valence-corrected chi connectivity index (χ3v) is 10.6. The van der Waals surface area contributed by atoms with Crippen LogP contribution >= 0.6 is 0 Å². The molecule has 0 aromatic carbocycles. The molecule has 2 aliphatic heterocycles. The molecular formula is C32H34N4O10S2. The fourth-order valence-electron chi connectivity index (χ4n) is 6.01. The molecule has 2 aliphatic rings. The highest BCUT2D eigenvalue weighted by Gasteiger charge is 2.26. The molecule has 16 heteroatoms. The van der Waals surface area contributed by atoms with Gasteiger partial charge in [0.2, 0.25) is 0 Å². The van der Waals surface area contributed by atoms with E-state index in [1.165, 1.54) is 40.2 Å². The molecule has 5 rings (SSSR count). The molecule has 0 unspecified atom stereocenters. The third kappa shape index (κ3) is 6.56. The lowest BCUT2D eigenvalue weighted by atomic mass is 9.98. The smallest absolute Gasteiger partial charge is 0.305 e. The quantitative estimate of drug-likeness (QED) is 0.176. The van der Waals surface area contributed by atoms with Crippen LogP contribution in [0.2, 0.25) is 0 Å². The molecule has 0 radical (unpaired) electrons. The Labute approximate surface area is 276 Å². The molecule has 5 heterocycles. The van der Waals surface area contributed by atoms with Crippen LogP contribution in [0.4, 0.5) is 0 Å². The van der Waals surface area contributed by atoms with E-state index in [4.69, 9.17) is 19.4 Å². The number of aromatic amines is 2. The predicted molar refractivity (Wildman–Crippen MR) is 178 cm³/mol. The molecule has 254 valence electrons. The lowest BCUT2D eigenvalue weighted by Crippen LogP contribution is -2.01. The molecule has 3 aromatic heterocycles. The fourth-order valence-corrected chi connectivity index (χ4v) is 7.78. The summed E-state index contributed by atoms with van der Waals surface area (Å²) in [6, 6.07) is 6.08. The summed E-state index contributed by atoms with van der Waals surface area (Å²) in [7, 11) is -7.02. The molecule has 0 aliphatic carbocycles. The number of allylic oxidation sites excluding steroid dienone is 4. The largest absolute Gasteiger partial charge is 0.469 e. The fraction of sp³-hybridized carbons (Fsp3) is 0.312. The second kappa shape index (κ2) is 12.8. The SMILES string of the molecule is COC(=O)CCC1=C(C)c2cc3[nH]c(cc4[nH]c(cc5nc(cc1n2)C(CCC(=O)OC)=C5C)c(S(=O)(=O)O)c4C)c(S(=O)(=O)O)c3C. The van der Waals surface area contributed by atoms with Crippen LogP contribution in [0.3, 0.4) is 0 Å². The Hall–Kier alpha value is -4.64. The summed E-state index contributed by atoms with van der Waals surface area (Å²) >= 11 is 0. The number of nitrogens with zero attached hydrogens (tertiary/aromatic N) is 2. The van der Waals surface area contributed by atoms with Crippen LogP contribution in [0.5, 0.6) is 0 Å².